The van der Waals surface area contributed by atoms with Gasteiger partial charge in [0.25, 0.3) is 0 Å². The van der Waals surface area contributed by atoms with E-state index >= 15 is 0 Å². The molecule has 1 aromatic rings. The van der Waals surface area contributed by atoms with Gasteiger partial charge in [-0.15, -0.1) is 11.3 Å². The number of hydrogen-bond acceptors (Lipinski definition) is 4. The first-order chi connectivity index (χ1) is 8.78. The van der Waals surface area contributed by atoms with Crippen LogP contribution in [0.1, 0.15) is 42.8 Å². The second kappa shape index (κ2) is 6.85. The molecule has 1 aliphatic carbocycles. The fraction of sp³-hybridized carbons (Fsp3) is 0.692. The molecule has 0 spiro atoms. The smallest absolute Gasteiger partial charge is 0.226 e. The van der Waals surface area contributed by atoms with Crippen molar-refractivity contribution in [2.24, 2.45) is 5.73 Å². The van der Waals surface area contributed by atoms with Crippen LogP contribution in [0.5, 0.6) is 0 Å². The van der Waals surface area contributed by atoms with Gasteiger partial charge in [-0.1, -0.05) is 12.8 Å². The lowest BCUT2D eigenvalue weighted by atomic mass is 10.2. The molecule has 0 atom stereocenters. The number of aryl methyl sites for hydroxylation is 1. The summed E-state index contributed by atoms with van der Waals surface area (Å²) >= 11 is 1.63. The van der Waals surface area contributed by atoms with Gasteiger partial charge in [-0.25, -0.2) is 4.98 Å². The lowest BCUT2D eigenvalue weighted by molar-refractivity contribution is -0.121. The van der Waals surface area contributed by atoms with E-state index in [0.717, 1.165) is 36.4 Å². The highest BCUT2D eigenvalue weighted by Crippen LogP contribution is 2.18. The Morgan fingerprint density at radius 2 is 2.28 bits per heavy atom. The van der Waals surface area contributed by atoms with Crippen molar-refractivity contribution >= 4 is 17.2 Å². The van der Waals surface area contributed by atoms with Crippen LogP contribution in [0.4, 0.5) is 0 Å². The summed E-state index contributed by atoms with van der Waals surface area (Å²) in [5, 5.41) is 6.16. The van der Waals surface area contributed by atoms with Crippen LogP contribution in [-0.2, 0) is 17.6 Å². The molecule has 18 heavy (non-hydrogen) atoms. The van der Waals surface area contributed by atoms with Gasteiger partial charge in [0, 0.05) is 17.8 Å². The average molecular weight is 267 g/mol. The monoisotopic (exact) mass is 267 g/mol. The molecule has 0 saturated heterocycles. The summed E-state index contributed by atoms with van der Waals surface area (Å²) in [5.74, 6) is 0.109. The highest BCUT2D eigenvalue weighted by molar-refractivity contribution is 7.09. The molecule has 1 aliphatic rings. The minimum absolute atomic E-state index is 0.109. The van der Waals surface area contributed by atoms with Crippen molar-refractivity contribution in [2.75, 3.05) is 6.54 Å². The third-order valence-electron chi connectivity index (χ3n) is 3.26. The molecule has 2 rings (SSSR count). The van der Waals surface area contributed by atoms with Gasteiger partial charge in [0.2, 0.25) is 5.91 Å². The van der Waals surface area contributed by atoms with Crippen molar-refractivity contribution in [1.82, 2.24) is 10.3 Å². The number of thiazole rings is 1. The van der Waals surface area contributed by atoms with Crippen LogP contribution in [0, 0.1) is 0 Å². The van der Waals surface area contributed by atoms with E-state index in [0.29, 0.717) is 19.0 Å². The second-order valence-corrected chi connectivity index (χ2v) is 5.79. The number of nitrogens with two attached hydrogens (primary N) is 1. The van der Waals surface area contributed by atoms with Gasteiger partial charge < -0.3 is 11.1 Å². The summed E-state index contributed by atoms with van der Waals surface area (Å²) in [5.41, 5.74) is 6.36. The van der Waals surface area contributed by atoms with E-state index < -0.39 is 0 Å². The zero-order valence-corrected chi connectivity index (χ0v) is 11.5. The van der Waals surface area contributed by atoms with Crippen LogP contribution in [-0.4, -0.2) is 23.5 Å². The summed E-state index contributed by atoms with van der Waals surface area (Å²) in [7, 11) is 0. The third-order valence-corrected chi connectivity index (χ3v) is 4.21. The van der Waals surface area contributed by atoms with Gasteiger partial charge in [-0.05, 0) is 25.8 Å². The van der Waals surface area contributed by atoms with Crippen LogP contribution < -0.4 is 11.1 Å². The molecule has 5 heteroatoms. The molecule has 0 bridgehead atoms. The Morgan fingerprint density at radius 3 is 3.00 bits per heavy atom. The Labute approximate surface area is 112 Å². The van der Waals surface area contributed by atoms with Gasteiger partial charge in [-0.3, -0.25) is 4.79 Å². The van der Waals surface area contributed by atoms with Crippen molar-refractivity contribution in [3.05, 3.63) is 16.1 Å². The first kappa shape index (κ1) is 13.5. The number of aromatic nitrogens is 1. The molecular formula is C13H21N3OS. The quantitative estimate of drug-likeness (QED) is 0.823. The summed E-state index contributed by atoms with van der Waals surface area (Å²) in [4.78, 5) is 16.3. The van der Waals surface area contributed by atoms with Gasteiger partial charge in [0.05, 0.1) is 17.1 Å². The lowest BCUT2D eigenvalue weighted by Crippen LogP contribution is -2.33. The molecule has 0 aliphatic heterocycles. The molecule has 4 nitrogen and oxygen atoms in total. The van der Waals surface area contributed by atoms with Crippen molar-refractivity contribution in [3.8, 4) is 0 Å². The zero-order valence-electron chi connectivity index (χ0n) is 10.7. The van der Waals surface area contributed by atoms with Crippen LogP contribution in [0.2, 0.25) is 0 Å². The number of carbonyl (C=O) groups excluding carboxylic acids is 1. The van der Waals surface area contributed by atoms with E-state index in [-0.39, 0.29) is 5.91 Å². The third kappa shape index (κ3) is 4.07. The molecule has 3 N–H and O–H groups in total. The Balaban J connectivity index is 1.77. The minimum atomic E-state index is 0.109. The van der Waals surface area contributed by atoms with Gasteiger partial charge in [0.15, 0.2) is 0 Å². The van der Waals surface area contributed by atoms with Crippen molar-refractivity contribution in [2.45, 2.75) is 51.0 Å². The molecular weight excluding hydrogens is 246 g/mol. The molecule has 1 amide bonds. The summed E-state index contributed by atoms with van der Waals surface area (Å²) < 4.78 is 0. The van der Waals surface area contributed by atoms with E-state index in [1.54, 1.807) is 11.3 Å². The minimum Gasteiger partial charge on any atom is -0.353 e. The number of rotatable bonds is 6. The topological polar surface area (TPSA) is 68.0 Å². The first-order valence-electron chi connectivity index (χ1n) is 6.70. The predicted molar refractivity (Wildman–Crippen MR) is 73.6 cm³/mol. The Bertz CT molecular complexity index is 385. The number of carbonyl (C=O) groups is 1. The van der Waals surface area contributed by atoms with E-state index in [1.807, 2.05) is 5.38 Å². The fourth-order valence-corrected chi connectivity index (χ4v) is 3.15. The van der Waals surface area contributed by atoms with E-state index in [4.69, 9.17) is 5.73 Å². The fourth-order valence-electron chi connectivity index (χ4n) is 2.31. The molecule has 1 fully saturated rings. The highest BCUT2D eigenvalue weighted by Gasteiger charge is 2.17. The maximum Gasteiger partial charge on any atom is 0.226 e. The normalized spacial score (nSPS) is 16.1. The first-order valence-corrected chi connectivity index (χ1v) is 7.58. The van der Waals surface area contributed by atoms with Gasteiger partial charge in [-0.2, -0.15) is 0 Å². The largest absolute Gasteiger partial charge is 0.353 e. The average Bonchev–Trinajstić information content (AvgIpc) is 2.98. The highest BCUT2D eigenvalue weighted by atomic mass is 32.1. The molecule has 100 valence electrons. The van der Waals surface area contributed by atoms with E-state index in [2.05, 4.69) is 10.3 Å². The van der Waals surface area contributed by atoms with Crippen LogP contribution in [0.25, 0.3) is 0 Å². The van der Waals surface area contributed by atoms with Crippen LogP contribution in [0.15, 0.2) is 5.38 Å². The second-order valence-electron chi connectivity index (χ2n) is 4.85. The standard InChI is InChI=1S/C13H21N3OS/c14-7-3-6-13-16-11(9-18-13)8-12(17)15-10-4-1-2-5-10/h9-10H,1-8,14H2,(H,15,17). The summed E-state index contributed by atoms with van der Waals surface area (Å²) in [6.07, 6.45) is 7.03. The lowest BCUT2D eigenvalue weighted by Gasteiger charge is -2.10. The number of amides is 1. The van der Waals surface area contributed by atoms with Crippen molar-refractivity contribution in [1.29, 1.82) is 0 Å². The summed E-state index contributed by atoms with van der Waals surface area (Å²) in [6, 6.07) is 0.396. The number of nitrogens with zero attached hydrogens (tertiary/aromatic N) is 1. The Hall–Kier alpha value is -0.940. The van der Waals surface area contributed by atoms with Crippen LogP contribution >= 0.6 is 11.3 Å². The van der Waals surface area contributed by atoms with Gasteiger partial charge >= 0.3 is 0 Å². The molecule has 0 radical (unpaired) electrons. The van der Waals surface area contributed by atoms with Crippen LogP contribution in [0.3, 0.4) is 0 Å². The van der Waals surface area contributed by atoms with Gasteiger partial charge in [0.1, 0.15) is 0 Å². The molecule has 1 saturated carbocycles. The zero-order chi connectivity index (χ0) is 12.8. The molecule has 1 heterocycles. The van der Waals surface area contributed by atoms with E-state index in [9.17, 15) is 4.79 Å². The molecule has 0 unspecified atom stereocenters. The summed E-state index contributed by atoms with van der Waals surface area (Å²) in [6.45, 7) is 0.692. The predicted octanol–water partition coefficient (Wildman–Crippen LogP) is 1.64. The molecule has 1 aromatic heterocycles. The number of hydrogen-bond donors (Lipinski definition) is 2. The maximum atomic E-state index is 11.8. The van der Waals surface area contributed by atoms with Crippen molar-refractivity contribution < 1.29 is 4.79 Å². The molecule has 0 aromatic carbocycles. The number of nitrogens with one attached hydrogen (secondary N) is 1. The SMILES string of the molecule is NCCCc1nc(CC(=O)NC2CCCC2)cs1. The maximum absolute atomic E-state index is 11.8. The Morgan fingerprint density at radius 1 is 1.50 bits per heavy atom. The van der Waals surface area contributed by atoms with Crippen molar-refractivity contribution in [3.63, 3.8) is 0 Å². The van der Waals surface area contributed by atoms with E-state index in [1.165, 1.54) is 12.8 Å². The Kier molecular flexibility index (Phi) is 5.13.